The van der Waals surface area contributed by atoms with Crippen molar-refractivity contribution in [1.82, 2.24) is 0 Å². The molecule has 0 amide bonds. The van der Waals surface area contributed by atoms with Crippen LogP contribution in [0.4, 0.5) is 0 Å². The lowest BCUT2D eigenvalue weighted by Crippen LogP contribution is -2.50. The number of ether oxygens (including phenoxy) is 3. The summed E-state index contributed by atoms with van der Waals surface area (Å²) in [5, 5.41) is 1.68. The molecule has 0 radical (unpaired) electrons. The SMILES string of the molecule is C=C1COC(=O)[C@]12C[C@@]1(C)[C@@H]([C@@H](OC(=O)/C=C\SC)CC[C@@H]1C)[C@H]2OC(=O)CC(C)C. The van der Waals surface area contributed by atoms with E-state index in [4.69, 9.17) is 14.2 Å². The van der Waals surface area contributed by atoms with Crippen molar-refractivity contribution < 1.29 is 28.6 Å². The highest BCUT2D eigenvalue weighted by Crippen LogP contribution is 2.66. The molecule has 1 aliphatic heterocycles. The standard InChI is InChI=1S/C24H34O6S/c1-14(2)11-19(26)30-21-20-17(29-18(25)9-10-31-6)8-7-15(3)23(20,5)13-24(21)16(4)12-28-22(24)27/h9-10,14-15,17,20-21H,4,7-8,11-13H2,1-3,5-6H3/b10-9-/t15-,17-,20-,21+,23+,24+/m0/s1. The smallest absolute Gasteiger partial charge is 0.331 e. The molecule has 1 saturated heterocycles. The minimum absolute atomic E-state index is 0.130. The highest BCUT2D eigenvalue weighted by atomic mass is 32.2. The molecule has 3 aliphatic rings. The van der Waals surface area contributed by atoms with E-state index in [1.165, 1.54) is 17.8 Å². The molecule has 7 heteroatoms. The Morgan fingerprint density at radius 2 is 2.03 bits per heavy atom. The number of rotatable bonds is 6. The molecule has 0 unspecified atom stereocenters. The lowest BCUT2D eigenvalue weighted by atomic mass is 9.61. The lowest BCUT2D eigenvalue weighted by Gasteiger charge is -2.46. The van der Waals surface area contributed by atoms with Gasteiger partial charge in [-0.3, -0.25) is 9.59 Å². The Kier molecular flexibility index (Phi) is 6.94. The first-order valence-electron chi connectivity index (χ1n) is 11.0. The Morgan fingerprint density at radius 3 is 2.61 bits per heavy atom. The minimum atomic E-state index is -1.08. The van der Waals surface area contributed by atoms with E-state index in [0.717, 1.165) is 6.42 Å². The van der Waals surface area contributed by atoms with Crippen LogP contribution in [0, 0.1) is 28.6 Å². The third-order valence-corrected chi connectivity index (χ3v) is 7.87. The van der Waals surface area contributed by atoms with Crippen LogP contribution in [0.2, 0.25) is 0 Å². The van der Waals surface area contributed by atoms with Crippen LogP contribution in [0.15, 0.2) is 23.6 Å². The maximum atomic E-state index is 13.1. The van der Waals surface area contributed by atoms with E-state index < -0.39 is 23.6 Å². The van der Waals surface area contributed by atoms with Crippen molar-refractivity contribution in [2.24, 2.45) is 28.6 Å². The number of thioether (sulfide) groups is 1. The lowest BCUT2D eigenvalue weighted by molar-refractivity contribution is -0.174. The maximum absolute atomic E-state index is 13.1. The van der Waals surface area contributed by atoms with Crippen LogP contribution in [0.1, 0.15) is 53.4 Å². The van der Waals surface area contributed by atoms with Crippen LogP contribution < -0.4 is 0 Å². The quantitative estimate of drug-likeness (QED) is 0.258. The van der Waals surface area contributed by atoms with Gasteiger partial charge in [0.2, 0.25) is 0 Å². The molecule has 6 nitrogen and oxygen atoms in total. The predicted octanol–water partition coefficient (Wildman–Crippen LogP) is 4.29. The first-order valence-corrected chi connectivity index (χ1v) is 12.3. The first kappa shape index (κ1) is 23.9. The van der Waals surface area contributed by atoms with Gasteiger partial charge in [-0.05, 0) is 53.8 Å². The van der Waals surface area contributed by atoms with Crippen molar-refractivity contribution in [3.63, 3.8) is 0 Å². The number of carbonyl (C=O) groups is 3. The second-order valence-electron chi connectivity index (χ2n) is 9.86. The minimum Gasteiger partial charge on any atom is -0.460 e. The summed E-state index contributed by atoms with van der Waals surface area (Å²) in [6.07, 6.45) is 4.34. The van der Waals surface area contributed by atoms with Gasteiger partial charge in [0.1, 0.15) is 24.2 Å². The van der Waals surface area contributed by atoms with Crippen molar-refractivity contribution in [2.45, 2.75) is 65.6 Å². The van der Waals surface area contributed by atoms with Crippen LogP contribution in [0.25, 0.3) is 0 Å². The van der Waals surface area contributed by atoms with E-state index in [1.807, 2.05) is 20.1 Å². The van der Waals surface area contributed by atoms with E-state index in [9.17, 15) is 14.4 Å². The largest absolute Gasteiger partial charge is 0.460 e. The summed E-state index contributed by atoms with van der Waals surface area (Å²) in [5.74, 6) is -1.05. The maximum Gasteiger partial charge on any atom is 0.331 e. The number of hydrogen-bond donors (Lipinski definition) is 0. The molecule has 3 fully saturated rings. The van der Waals surface area contributed by atoms with E-state index in [-0.39, 0.29) is 48.1 Å². The van der Waals surface area contributed by atoms with Gasteiger partial charge in [-0.2, -0.15) is 0 Å². The summed E-state index contributed by atoms with van der Waals surface area (Å²) in [6.45, 7) is 12.5. The van der Waals surface area contributed by atoms with E-state index in [1.54, 1.807) is 5.41 Å². The van der Waals surface area contributed by atoms with E-state index >= 15 is 0 Å². The zero-order valence-electron chi connectivity index (χ0n) is 19.1. The number of esters is 3. The Bertz CT molecular complexity index is 771. The average molecular weight is 451 g/mol. The highest BCUT2D eigenvalue weighted by Gasteiger charge is 2.72. The van der Waals surface area contributed by atoms with Gasteiger partial charge < -0.3 is 14.2 Å². The summed E-state index contributed by atoms with van der Waals surface area (Å²) in [7, 11) is 0. The van der Waals surface area contributed by atoms with Crippen molar-refractivity contribution in [1.29, 1.82) is 0 Å². The Balaban J connectivity index is 2.02. The van der Waals surface area contributed by atoms with Gasteiger partial charge in [0, 0.05) is 18.4 Å². The van der Waals surface area contributed by atoms with Gasteiger partial charge in [-0.25, -0.2) is 4.79 Å². The average Bonchev–Trinajstić information content (AvgIpc) is 3.12. The van der Waals surface area contributed by atoms with Gasteiger partial charge >= 0.3 is 17.9 Å². The molecule has 0 bridgehead atoms. The van der Waals surface area contributed by atoms with Crippen molar-refractivity contribution in [3.8, 4) is 0 Å². The number of carbonyl (C=O) groups excluding carboxylic acids is 3. The molecule has 3 rings (SSSR count). The summed E-state index contributed by atoms with van der Waals surface area (Å²) in [4.78, 5) is 38.3. The fourth-order valence-electron chi connectivity index (χ4n) is 5.73. The third kappa shape index (κ3) is 4.18. The molecule has 172 valence electrons. The molecular weight excluding hydrogens is 416 g/mol. The normalized spacial score (nSPS) is 37.4. The predicted molar refractivity (Wildman–Crippen MR) is 119 cm³/mol. The van der Waals surface area contributed by atoms with Gasteiger partial charge in [0.15, 0.2) is 0 Å². The molecule has 2 saturated carbocycles. The zero-order valence-corrected chi connectivity index (χ0v) is 20.0. The number of cyclic esters (lactones) is 1. The second-order valence-corrected chi connectivity index (χ2v) is 10.6. The molecule has 0 aromatic rings. The number of hydrogen-bond acceptors (Lipinski definition) is 7. The van der Waals surface area contributed by atoms with Crippen LogP contribution in [-0.4, -0.2) is 43.0 Å². The number of fused-ring (bicyclic) bond motifs is 1. The summed E-state index contributed by atoms with van der Waals surface area (Å²) in [6, 6.07) is 0. The summed E-state index contributed by atoms with van der Waals surface area (Å²) < 4.78 is 17.3. The van der Waals surface area contributed by atoms with Crippen molar-refractivity contribution in [2.75, 3.05) is 12.9 Å². The second kappa shape index (κ2) is 9.00. The molecule has 0 aromatic carbocycles. The van der Waals surface area contributed by atoms with Gasteiger partial charge in [-0.1, -0.05) is 34.3 Å². The van der Waals surface area contributed by atoms with E-state index in [0.29, 0.717) is 18.4 Å². The molecule has 0 aromatic heterocycles. The first-order chi connectivity index (χ1) is 14.6. The van der Waals surface area contributed by atoms with Crippen molar-refractivity contribution in [3.05, 3.63) is 23.6 Å². The Morgan fingerprint density at radius 1 is 1.32 bits per heavy atom. The zero-order chi connectivity index (χ0) is 23.0. The molecule has 0 N–H and O–H groups in total. The topological polar surface area (TPSA) is 78.9 Å². The van der Waals surface area contributed by atoms with Crippen LogP contribution in [0.3, 0.4) is 0 Å². The Labute approximate surface area is 189 Å². The van der Waals surface area contributed by atoms with Gasteiger partial charge in [0.05, 0.1) is 0 Å². The highest BCUT2D eigenvalue weighted by molar-refractivity contribution is 8.01. The fraction of sp³-hybridized carbons (Fsp3) is 0.708. The van der Waals surface area contributed by atoms with E-state index in [2.05, 4.69) is 20.4 Å². The third-order valence-electron chi connectivity index (χ3n) is 7.46. The van der Waals surface area contributed by atoms with Crippen molar-refractivity contribution >= 4 is 29.7 Å². The molecule has 2 aliphatic carbocycles. The van der Waals surface area contributed by atoms with Crippen LogP contribution in [-0.2, 0) is 28.6 Å². The van der Waals surface area contributed by atoms with Crippen LogP contribution >= 0.6 is 11.8 Å². The molecule has 1 heterocycles. The molecule has 6 atom stereocenters. The summed E-state index contributed by atoms with van der Waals surface area (Å²) in [5.41, 5.74) is -0.790. The molecule has 1 spiro atoms. The van der Waals surface area contributed by atoms with Crippen LogP contribution in [0.5, 0.6) is 0 Å². The fourth-order valence-corrected chi connectivity index (χ4v) is 5.98. The summed E-state index contributed by atoms with van der Waals surface area (Å²) >= 11 is 1.42. The van der Waals surface area contributed by atoms with Gasteiger partial charge in [-0.15, -0.1) is 11.8 Å². The monoisotopic (exact) mass is 450 g/mol. The van der Waals surface area contributed by atoms with Gasteiger partial charge in [0.25, 0.3) is 0 Å². The molecule has 31 heavy (non-hydrogen) atoms. The molecular formula is C24H34O6S. The Hall–Kier alpha value is -1.76.